The lowest BCUT2D eigenvalue weighted by Crippen LogP contribution is -2.31. The molecule has 0 aliphatic heterocycles. The van der Waals surface area contributed by atoms with Gasteiger partial charge < -0.3 is 0 Å². The Morgan fingerprint density at radius 3 is 2.00 bits per heavy atom. The van der Waals surface area contributed by atoms with Crippen LogP contribution in [0.2, 0.25) is 0 Å². The maximum Gasteiger partial charge on any atom is -0.0134 e. The van der Waals surface area contributed by atoms with Gasteiger partial charge in [-0.05, 0) is 34.0 Å². The van der Waals surface area contributed by atoms with Gasteiger partial charge in [-0.2, -0.15) is 0 Å². The number of hydrogen-bond acceptors (Lipinski definition) is 0. The third kappa shape index (κ3) is 4.92. The summed E-state index contributed by atoms with van der Waals surface area (Å²) in [5, 5.41) is 2.29. The molecule has 1 aromatic rings. The fraction of sp³-hybridized carbons (Fsp3) is 0.667. The van der Waals surface area contributed by atoms with Crippen LogP contribution in [-0.4, -0.2) is 10.3 Å². The number of unbranched alkanes of at least 4 members (excludes halogenated alkanes) is 1. The van der Waals surface area contributed by atoms with E-state index in [1.54, 1.807) is 5.30 Å². The molecule has 0 radical (unpaired) electrons. The van der Waals surface area contributed by atoms with Crippen LogP contribution in [0.1, 0.15) is 66.9 Å². The van der Waals surface area contributed by atoms with Crippen molar-refractivity contribution < 1.29 is 0 Å². The fourth-order valence-electron chi connectivity index (χ4n) is 3.01. The lowest BCUT2D eigenvalue weighted by molar-refractivity contribution is 0.714. The van der Waals surface area contributed by atoms with Crippen molar-refractivity contribution in [3.05, 3.63) is 29.8 Å². The van der Waals surface area contributed by atoms with Gasteiger partial charge in [-0.25, -0.2) is 0 Å². The SMILES string of the molecule is CCCCc1cccc(P(C(C)(C)C)C(C)(C)C)c1. The molecule has 0 spiro atoms. The van der Waals surface area contributed by atoms with Crippen LogP contribution in [0.5, 0.6) is 0 Å². The van der Waals surface area contributed by atoms with Crippen LogP contribution in [0.15, 0.2) is 24.3 Å². The van der Waals surface area contributed by atoms with Crippen LogP contribution in [0.4, 0.5) is 0 Å². The molecule has 0 unspecified atom stereocenters. The predicted octanol–water partition coefficient (Wildman–Crippen LogP) is 5.73. The molecule has 0 nitrogen and oxygen atoms in total. The smallest absolute Gasteiger partial charge is 0.0134 e. The number of rotatable bonds is 4. The van der Waals surface area contributed by atoms with E-state index in [4.69, 9.17) is 0 Å². The molecule has 0 saturated heterocycles. The first-order chi connectivity index (χ1) is 8.66. The molecule has 1 heteroatoms. The molecule has 0 fully saturated rings. The minimum absolute atomic E-state index is 0.169. The molecule has 0 amide bonds. The van der Waals surface area contributed by atoms with E-state index in [-0.39, 0.29) is 7.92 Å². The summed E-state index contributed by atoms with van der Waals surface area (Å²) in [6, 6.07) is 9.36. The van der Waals surface area contributed by atoms with E-state index in [0.29, 0.717) is 10.3 Å². The molecule has 19 heavy (non-hydrogen) atoms. The zero-order chi connectivity index (χ0) is 14.7. The van der Waals surface area contributed by atoms with Crippen molar-refractivity contribution >= 4 is 13.2 Å². The van der Waals surface area contributed by atoms with Gasteiger partial charge in [0.25, 0.3) is 0 Å². The largest absolute Gasteiger partial charge is 0.0654 e. The summed E-state index contributed by atoms with van der Waals surface area (Å²) in [6.45, 7) is 16.6. The highest BCUT2D eigenvalue weighted by Crippen LogP contribution is 2.58. The molecule has 1 aromatic carbocycles. The van der Waals surface area contributed by atoms with Gasteiger partial charge in [0.15, 0.2) is 0 Å². The van der Waals surface area contributed by atoms with Crippen molar-refractivity contribution in [2.75, 3.05) is 0 Å². The molecular weight excluding hydrogens is 247 g/mol. The summed E-state index contributed by atoms with van der Waals surface area (Å²) in [4.78, 5) is 0. The van der Waals surface area contributed by atoms with E-state index in [1.165, 1.54) is 24.8 Å². The maximum absolute atomic E-state index is 2.47. The van der Waals surface area contributed by atoms with E-state index in [0.717, 1.165) is 0 Å². The normalized spacial score (nSPS) is 13.1. The average Bonchev–Trinajstić information content (AvgIpc) is 2.22. The Morgan fingerprint density at radius 2 is 1.53 bits per heavy atom. The van der Waals surface area contributed by atoms with E-state index >= 15 is 0 Å². The van der Waals surface area contributed by atoms with Crippen LogP contribution in [-0.2, 0) is 6.42 Å². The molecule has 0 aliphatic carbocycles. The molecule has 0 saturated carbocycles. The first-order valence-electron chi connectivity index (χ1n) is 7.55. The summed E-state index contributed by atoms with van der Waals surface area (Å²) in [5.74, 6) is 0. The highest BCUT2D eigenvalue weighted by Gasteiger charge is 2.35. The first-order valence-corrected chi connectivity index (χ1v) is 8.89. The van der Waals surface area contributed by atoms with Gasteiger partial charge in [0.05, 0.1) is 0 Å². The van der Waals surface area contributed by atoms with Crippen molar-refractivity contribution in [1.29, 1.82) is 0 Å². The molecule has 108 valence electrons. The third-order valence-corrected chi connectivity index (χ3v) is 6.81. The molecule has 0 atom stereocenters. The van der Waals surface area contributed by atoms with Gasteiger partial charge >= 0.3 is 0 Å². The quantitative estimate of drug-likeness (QED) is 0.617. The van der Waals surface area contributed by atoms with Gasteiger partial charge in [-0.1, -0.05) is 87.1 Å². The Morgan fingerprint density at radius 1 is 0.947 bits per heavy atom. The Kier molecular flexibility index (Phi) is 5.63. The van der Waals surface area contributed by atoms with E-state index in [9.17, 15) is 0 Å². The van der Waals surface area contributed by atoms with Crippen LogP contribution < -0.4 is 5.30 Å². The van der Waals surface area contributed by atoms with Crippen molar-refractivity contribution in [2.45, 2.75) is 78.0 Å². The first kappa shape index (κ1) is 16.7. The monoisotopic (exact) mass is 278 g/mol. The number of benzene rings is 1. The summed E-state index contributed by atoms with van der Waals surface area (Å²) in [6.07, 6.45) is 3.80. The van der Waals surface area contributed by atoms with Gasteiger partial charge in [-0.3, -0.25) is 0 Å². The topological polar surface area (TPSA) is 0 Å². The second-order valence-corrected chi connectivity index (χ2v) is 11.3. The molecule has 0 heterocycles. The van der Waals surface area contributed by atoms with Crippen molar-refractivity contribution in [3.8, 4) is 0 Å². The fourth-order valence-corrected chi connectivity index (χ4v) is 7.10. The van der Waals surface area contributed by atoms with Crippen molar-refractivity contribution in [2.24, 2.45) is 0 Å². The van der Waals surface area contributed by atoms with Crippen LogP contribution in [0.3, 0.4) is 0 Å². The molecule has 1 rings (SSSR count). The Balaban J connectivity index is 3.10. The molecule has 0 N–H and O–H groups in total. The summed E-state index contributed by atoms with van der Waals surface area (Å²) in [7, 11) is -0.169. The summed E-state index contributed by atoms with van der Waals surface area (Å²) >= 11 is 0. The Hall–Kier alpha value is -0.350. The van der Waals surface area contributed by atoms with E-state index < -0.39 is 0 Å². The molecular formula is C18H31P. The minimum atomic E-state index is -0.169. The zero-order valence-corrected chi connectivity index (χ0v) is 14.8. The third-order valence-electron chi connectivity index (χ3n) is 3.33. The average molecular weight is 278 g/mol. The van der Waals surface area contributed by atoms with E-state index in [2.05, 4.69) is 72.7 Å². The second kappa shape index (κ2) is 6.40. The number of hydrogen-bond donors (Lipinski definition) is 0. The van der Waals surface area contributed by atoms with Crippen molar-refractivity contribution in [3.63, 3.8) is 0 Å². The zero-order valence-electron chi connectivity index (χ0n) is 13.9. The summed E-state index contributed by atoms with van der Waals surface area (Å²) in [5.41, 5.74) is 1.51. The highest BCUT2D eigenvalue weighted by atomic mass is 31.1. The van der Waals surface area contributed by atoms with Crippen LogP contribution in [0, 0.1) is 0 Å². The van der Waals surface area contributed by atoms with Gasteiger partial charge in [0.2, 0.25) is 0 Å². The second-order valence-electron chi connectivity index (χ2n) is 7.45. The lowest BCUT2D eigenvalue weighted by Gasteiger charge is -2.42. The van der Waals surface area contributed by atoms with Gasteiger partial charge in [0.1, 0.15) is 0 Å². The van der Waals surface area contributed by atoms with E-state index in [1.807, 2.05) is 0 Å². The van der Waals surface area contributed by atoms with Crippen LogP contribution >= 0.6 is 7.92 Å². The Bertz CT molecular complexity index is 379. The molecule has 0 bridgehead atoms. The minimum Gasteiger partial charge on any atom is -0.0654 e. The van der Waals surface area contributed by atoms with Gasteiger partial charge in [0, 0.05) is 0 Å². The maximum atomic E-state index is 2.47. The number of aryl methyl sites for hydroxylation is 1. The van der Waals surface area contributed by atoms with Crippen LogP contribution in [0.25, 0.3) is 0 Å². The van der Waals surface area contributed by atoms with Gasteiger partial charge in [-0.15, -0.1) is 0 Å². The highest BCUT2D eigenvalue weighted by molar-refractivity contribution is 7.68. The molecule has 0 aromatic heterocycles. The predicted molar refractivity (Wildman–Crippen MR) is 91.1 cm³/mol. The Labute approximate surface area is 121 Å². The summed E-state index contributed by atoms with van der Waals surface area (Å²) < 4.78 is 0. The standard InChI is InChI=1S/C18H31P/c1-8-9-11-15-12-10-13-16(14-15)19(17(2,3)4)18(5,6)7/h10,12-14H,8-9,11H2,1-7H3. The lowest BCUT2D eigenvalue weighted by atomic mass is 10.1. The molecule has 0 aliphatic rings. The van der Waals surface area contributed by atoms with Crippen molar-refractivity contribution in [1.82, 2.24) is 0 Å².